The van der Waals surface area contributed by atoms with E-state index in [0.717, 1.165) is 15.4 Å². The van der Waals surface area contributed by atoms with Crippen molar-refractivity contribution in [2.24, 2.45) is 5.92 Å². The standard InChI is InChI=1S/C31H39N3O5S/c1-6-29(31(36)32-20-23(2)3)33(21-25-10-8-7-9-11-25)30(35)22-34(26-14-16-27(39-5)17-15-26)40(37,38)28-18-12-24(4)13-19-28/h7-19,23,29H,6,20-22H2,1-5H3,(H,32,36). The van der Waals surface area contributed by atoms with Gasteiger partial charge in [0.05, 0.1) is 17.7 Å². The lowest BCUT2D eigenvalue weighted by molar-refractivity contribution is -0.140. The van der Waals surface area contributed by atoms with Crippen LogP contribution in [0, 0.1) is 12.8 Å². The van der Waals surface area contributed by atoms with E-state index in [1.165, 1.54) is 24.1 Å². The summed E-state index contributed by atoms with van der Waals surface area (Å²) in [5, 5.41) is 2.93. The summed E-state index contributed by atoms with van der Waals surface area (Å²) < 4.78 is 34.2. The van der Waals surface area contributed by atoms with Gasteiger partial charge in [-0.25, -0.2) is 8.42 Å². The fourth-order valence-corrected chi connectivity index (χ4v) is 5.65. The second kappa shape index (κ2) is 14.0. The highest BCUT2D eigenvalue weighted by Crippen LogP contribution is 2.27. The molecule has 1 unspecified atom stereocenters. The third-order valence-corrected chi connectivity index (χ3v) is 8.30. The molecule has 214 valence electrons. The van der Waals surface area contributed by atoms with E-state index < -0.39 is 28.5 Å². The maximum Gasteiger partial charge on any atom is 0.264 e. The molecule has 40 heavy (non-hydrogen) atoms. The maximum atomic E-state index is 14.0. The van der Waals surface area contributed by atoms with Crippen LogP contribution in [-0.4, -0.2) is 51.4 Å². The van der Waals surface area contributed by atoms with Gasteiger partial charge in [0.1, 0.15) is 18.3 Å². The Morgan fingerprint density at radius 1 is 0.925 bits per heavy atom. The number of anilines is 1. The van der Waals surface area contributed by atoms with Gasteiger partial charge in [-0.2, -0.15) is 0 Å². The zero-order valence-electron chi connectivity index (χ0n) is 23.8. The number of methoxy groups -OCH3 is 1. The molecular weight excluding hydrogens is 526 g/mol. The molecule has 0 aliphatic rings. The predicted octanol–water partition coefficient (Wildman–Crippen LogP) is 4.78. The Bertz CT molecular complexity index is 1360. The minimum Gasteiger partial charge on any atom is -0.497 e. The lowest BCUT2D eigenvalue weighted by atomic mass is 10.1. The predicted molar refractivity (Wildman–Crippen MR) is 158 cm³/mol. The zero-order valence-corrected chi connectivity index (χ0v) is 24.6. The first-order chi connectivity index (χ1) is 19.1. The SMILES string of the molecule is CCC(C(=O)NCC(C)C)N(Cc1ccccc1)C(=O)CN(c1ccc(OC)cc1)S(=O)(=O)c1ccc(C)cc1. The van der Waals surface area contributed by atoms with Gasteiger partial charge in [0, 0.05) is 13.1 Å². The molecule has 0 heterocycles. The average Bonchev–Trinajstić information content (AvgIpc) is 2.95. The number of aryl methyl sites for hydroxylation is 1. The first kappa shape index (κ1) is 30.7. The highest BCUT2D eigenvalue weighted by Gasteiger charge is 2.33. The van der Waals surface area contributed by atoms with Crippen molar-refractivity contribution in [3.05, 3.63) is 90.0 Å². The van der Waals surface area contributed by atoms with Crippen LogP contribution < -0.4 is 14.4 Å². The Morgan fingerprint density at radius 3 is 2.10 bits per heavy atom. The summed E-state index contributed by atoms with van der Waals surface area (Å²) in [4.78, 5) is 28.8. The second-order valence-corrected chi connectivity index (χ2v) is 12.0. The van der Waals surface area contributed by atoms with Gasteiger partial charge in [-0.1, -0.05) is 68.8 Å². The second-order valence-electron chi connectivity index (χ2n) is 10.1. The molecule has 0 saturated carbocycles. The Kier molecular flexibility index (Phi) is 10.7. The van der Waals surface area contributed by atoms with Gasteiger partial charge in [-0.3, -0.25) is 13.9 Å². The molecule has 0 fully saturated rings. The number of ether oxygens (including phenoxy) is 1. The van der Waals surface area contributed by atoms with E-state index in [9.17, 15) is 18.0 Å². The fourth-order valence-electron chi connectivity index (χ4n) is 4.24. The molecule has 8 nitrogen and oxygen atoms in total. The van der Waals surface area contributed by atoms with Crippen molar-refractivity contribution in [2.75, 3.05) is 24.5 Å². The quantitative estimate of drug-likeness (QED) is 0.322. The van der Waals surface area contributed by atoms with Gasteiger partial charge in [-0.05, 0) is 61.2 Å². The van der Waals surface area contributed by atoms with Crippen molar-refractivity contribution in [2.45, 2.75) is 51.6 Å². The molecule has 1 N–H and O–H groups in total. The number of benzene rings is 3. The van der Waals surface area contributed by atoms with E-state index in [-0.39, 0.29) is 23.3 Å². The maximum absolute atomic E-state index is 14.0. The summed E-state index contributed by atoms with van der Waals surface area (Å²) in [5.74, 6) is 0.0473. The van der Waals surface area contributed by atoms with E-state index in [0.29, 0.717) is 24.4 Å². The van der Waals surface area contributed by atoms with E-state index >= 15 is 0 Å². The number of amides is 2. The third-order valence-electron chi connectivity index (χ3n) is 6.51. The van der Waals surface area contributed by atoms with Crippen LogP contribution in [0.4, 0.5) is 5.69 Å². The summed E-state index contributed by atoms with van der Waals surface area (Å²) in [6.07, 6.45) is 0.371. The molecule has 1 atom stereocenters. The van der Waals surface area contributed by atoms with Gasteiger partial charge in [-0.15, -0.1) is 0 Å². The van der Waals surface area contributed by atoms with Crippen LogP contribution in [0.15, 0.2) is 83.8 Å². The Morgan fingerprint density at radius 2 is 1.55 bits per heavy atom. The van der Waals surface area contributed by atoms with Crippen LogP contribution >= 0.6 is 0 Å². The molecule has 0 aromatic heterocycles. The van der Waals surface area contributed by atoms with E-state index in [4.69, 9.17) is 4.74 Å². The number of hydrogen-bond acceptors (Lipinski definition) is 5. The molecule has 9 heteroatoms. The Labute approximate surface area is 238 Å². The van der Waals surface area contributed by atoms with E-state index in [2.05, 4.69) is 5.32 Å². The summed E-state index contributed by atoms with van der Waals surface area (Å²) in [6, 6.07) is 21.6. The number of nitrogens with one attached hydrogen (secondary N) is 1. The normalized spacial score (nSPS) is 12.1. The minimum atomic E-state index is -4.12. The average molecular weight is 566 g/mol. The number of rotatable bonds is 13. The monoisotopic (exact) mass is 565 g/mol. The number of carbonyl (C=O) groups is 2. The molecule has 0 aliphatic heterocycles. The van der Waals surface area contributed by atoms with Crippen molar-refractivity contribution < 1.29 is 22.7 Å². The number of hydrogen-bond donors (Lipinski definition) is 1. The number of sulfonamides is 1. The van der Waals surface area contributed by atoms with Gasteiger partial charge in [0.2, 0.25) is 11.8 Å². The van der Waals surface area contributed by atoms with Crippen LogP contribution in [0.1, 0.15) is 38.3 Å². The Balaban J connectivity index is 2.03. The lowest BCUT2D eigenvalue weighted by Gasteiger charge is -2.33. The molecule has 3 rings (SSSR count). The van der Waals surface area contributed by atoms with Crippen LogP contribution in [0.5, 0.6) is 5.75 Å². The summed E-state index contributed by atoms with van der Waals surface area (Å²) in [6.45, 7) is 7.86. The highest BCUT2D eigenvalue weighted by molar-refractivity contribution is 7.92. The Hall–Kier alpha value is -3.85. The zero-order chi connectivity index (χ0) is 29.3. The van der Waals surface area contributed by atoms with Gasteiger partial charge in [0.25, 0.3) is 10.0 Å². The molecular formula is C31H39N3O5S. The van der Waals surface area contributed by atoms with Crippen molar-refractivity contribution in [1.29, 1.82) is 0 Å². The molecule has 3 aromatic carbocycles. The fraction of sp³-hybridized carbons (Fsp3) is 0.355. The number of carbonyl (C=O) groups excluding carboxylic acids is 2. The summed E-state index contributed by atoms with van der Waals surface area (Å²) in [7, 11) is -2.60. The van der Waals surface area contributed by atoms with Gasteiger partial charge in [0.15, 0.2) is 0 Å². The van der Waals surface area contributed by atoms with Crippen LogP contribution in [0.25, 0.3) is 0 Å². The molecule has 0 aliphatic carbocycles. The van der Waals surface area contributed by atoms with Crippen molar-refractivity contribution >= 4 is 27.5 Å². The first-order valence-corrected chi connectivity index (χ1v) is 14.8. The first-order valence-electron chi connectivity index (χ1n) is 13.4. The van der Waals surface area contributed by atoms with Crippen molar-refractivity contribution in [1.82, 2.24) is 10.2 Å². The molecule has 0 saturated heterocycles. The minimum absolute atomic E-state index is 0.0676. The van der Waals surface area contributed by atoms with Crippen molar-refractivity contribution in [3.63, 3.8) is 0 Å². The molecule has 0 bridgehead atoms. The molecule has 0 radical (unpaired) electrons. The van der Waals surface area contributed by atoms with Crippen LogP contribution in [0.2, 0.25) is 0 Å². The topological polar surface area (TPSA) is 96.0 Å². The summed E-state index contributed by atoms with van der Waals surface area (Å²) in [5.41, 5.74) is 2.06. The van der Waals surface area contributed by atoms with E-state index in [1.807, 2.05) is 58.0 Å². The molecule has 0 spiro atoms. The van der Waals surface area contributed by atoms with Gasteiger partial charge < -0.3 is 15.0 Å². The molecule has 3 aromatic rings. The largest absolute Gasteiger partial charge is 0.497 e. The smallest absolute Gasteiger partial charge is 0.264 e. The van der Waals surface area contributed by atoms with Crippen LogP contribution in [0.3, 0.4) is 0 Å². The summed E-state index contributed by atoms with van der Waals surface area (Å²) >= 11 is 0. The van der Waals surface area contributed by atoms with E-state index in [1.54, 1.807) is 36.4 Å². The number of nitrogens with zero attached hydrogens (tertiary/aromatic N) is 2. The third kappa shape index (κ3) is 7.85. The molecule has 2 amide bonds. The van der Waals surface area contributed by atoms with Crippen molar-refractivity contribution in [3.8, 4) is 5.75 Å². The van der Waals surface area contributed by atoms with Gasteiger partial charge >= 0.3 is 0 Å². The highest BCUT2D eigenvalue weighted by atomic mass is 32.2. The van der Waals surface area contributed by atoms with Crippen LogP contribution in [-0.2, 0) is 26.2 Å². The lowest BCUT2D eigenvalue weighted by Crippen LogP contribution is -2.52.